The average Bonchev–Trinajstić information content (AvgIpc) is 3.58. The summed E-state index contributed by atoms with van der Waals surface area (Å²) in [5.41, 5.74) is -0.144. The summed E-state index contributed by atoms with van der Waals surface area (Å²) in [7, 11) is 0. The molecule has 1 fully saturated rings. The molecule has 0 radical (unpaired) electrons. The number of rotatable bonds is 5. The Labute approximate surface area is 236 Å². The molecule has 1 aromatic heterocycles. The molecule has 212 valence electrons. The fraction of sp³-hybridized carbons (Fsp3) is 0.214. The molecule has 0 bridgehead atoms. The number of hydrogen-bond acceptors (Lipinski definition) is 4. The molecule has 9 nitrogen and oxygen atoms in total. The molecule has 4 aromatic rings. The minimum Gasteiger partial charge on any atom is -0.465 e. The number of likely N-dealkylation sites (tertiary alicyclic amines) is 1. The number of aromatic amines is 1. The number of nitrogens with one attached hydrogen (secondary N) is 3. The molecule has 1 aliphatic rings. The summed E-state index contributed by atoms with van der Waals surface area (Å²) >= 11 is 6.19. The first kappa shape index (κ1) is 28.0. The van der Waals surface area contributed by atoms with E-state index < -0.39 is 41.3 Å². The van der Waals surface area contributed by atoms with Gasteiger partial charge in [0, 0.05) is 22.9 Å². The summed E-state index contributed by atoms with van der Waals surface area (Å²) in [5.74, 6) is -1.34. The average molecular weight is 586 g/mol. The summed E-state index contributed by atoms with van der Waals surface area (Å²) in [4.78, 5) is 47.1. The molecule has 1 unspecified atom stereocenters. The van der Waals surface area contributed by atoms with Gasteiger partial charge in [-0.25, -0.2) is 9.78 Å². The molecule has 3 amide bonds. The van der Waals surface area contributed by atoms with E-state index in [1.54, 1.807) is 25.1 Å². The number of fused-ring (bicyclic) bond motifs is 1. The van der Waals surface area contributed by atoms with Crippen molar-refractivity contribution in [1.29, 1.82) is 0 Å². The Balaban J connectivity index is 1.57. The molecular formula is C28H23ClF3N5O4. The molecule has 0 saturated carbocycles. The third-order valence-electron chi connectivity index (χ3n) is 6.91. The number of benzene rings is 3. The van der Waals surface area contributed by atoms with Gasteiger partial charge in [-0.3, -0.25) is 14.5 Å². The van der Waals surface area contributed by atoms with Gasteiger partial charge in [0.25, 0.3) is 11.8 Å². The number of hydrogen-bond donors (Lipinski definition) is 4. The first-order chi connectivity index (χ1) is 19.4. The third-order valence-corrected chi connectivity index (χ3v) is 7.32. The van der Waals surface area contributed by atoms with Crippen LogP contribution >= 0.6 is 11.6 Å². The summed E-state index contributed by atoms with van der Waals surface area (Å²) in [5, 5.41) is 15.2. The number of amides is 3. The predicted octanol–water partition coefficient (Wildman–Crippen LogP) is 6.86. The van der Waals surface area contributed by atoms with Crippen molar-refractivity contribution in [2.75, 3.05) is 17.2 Å². The zero-order valence-electron chi connectivity index (χ0n) is 21.5. The number of carbonyl (C=O) groups excluding carboxylic acids is 2. The van der Waals surface area contributed by atoms with Crippen molar-refractivity contribution < 1.29 is 32.7 Å². The lowest BCUT2D eigenvalue weighted by molar-refractivity contribution is -0.137. The van der Waals surface area contributed by atoms with Gasteiger partial charge in [0.2, 0.25) is 0 Å². The molecule has 1 aliphatic heterocycles. The summed E-state index contributed by atoms with van der Waals surface area (Å²) in [6.45, 7) is 2.04. The maximum absolute atomic E-state index is 13.5. The van der Waals surface area contributed by atoms with Gasteiger partial charge in [-0.05, 0) is 61.7 Å². The van der Waals surface area contributed by atoms with Crippen LogP contribution in [-0.4, -0.2) is 44.4 Å². The molecule has 0 spiro atoms. The molecule has 1 saturated heterocycles. The topological polar surface area (TPSA) is 127 Å². The lowest BCUT2D eigenvalue weighted by Crippen LogP contribution is -2.29. The lowest BCUT2D eigenvalue weighted by Gasteiger charge is -2.19. The van der Waals surface area contributed by atoms with E-state index in [1.807, 2.05) is 0 Å². The quantitative estimate of drug-likeness (QED) is 0.203. The van der Waals surface area contributed by atoms with Crippen molar-refractivity contribution in [1.82, 2.24) is 14.9 Å². The van der Waals surface area contributed by atoms with Crippen molar-refractivity contribution >= 4 is 51.9 Å². The molecular weight excluding hydrogens is 563 g/mol. The Morgan fingerprint density at radius 1 is 1.05 bits per heavy atom. The van der Waals surface area contributed by atoms with Crippen LogP contribution < -0.4 is 10.6 Å². The molecule has 1 atom stereocenters. The van der Waals surface area contributed by atoms with Crippen LogP contribution in [0.2, 0.25) is 5.02 Å². The Morgan fingerprint density at radius 2 is 1.78 bits per heavy atom. The van der Waals surface area contributed by atoms with Gasteiger partial charge in [0.15, 0.2) is 0 Å². The van der Waals surface area contributed by atoms with Crippen LogP contribution in [0.15, 0.2) is 54.6 Å². The largest absolute Gasteiger partial charge is 0.465 e. The minimum atomic E-state index is -4.76. The number of aromatic nitrogens is 2. The zero-order chi connectivity index (χ0) is 29.5. The number of anilines is 2. The SMILES string of the molecule is Cc1c(Cl)cccc1NC(=O)c1cc(NC(=O)c2ccccc2C(F)(F)F)cc2[nH]c(C3CCCN3C(=O)O)nc12. The van der Waals surface area contributed by atoms with Crippen molar-refractivity contribution in [2.24, 2.45) is 0 Å². The second kappa shape index (κ2) is 10.8. The highest BCUT2D eigenvalue weighted by Gasteiger charge is 2.35. The second-order valence-corrected chi connectivity index (χ2v) is 9.95. The van der Waals surface area contributed by atoms with E-state index in [2.05, 4.69) is 20.6 Å². The number of nitrogens with zero attached hydrogens (tertiary/aromatic N) is 2. The van der Waals surface area contributed by atoms with Crippen LogP contribution in [0.4, 0.5) is 29.3 Å². The fourth-order valence-corrected chi connectivity index (χ4v) is 5.05. The lowest BCUT2D eigenvalue weighted by atomic mass is 10.1. The first-order valence-corrected chi connectivity index (χ1v) is 12.9. The van der Waals surface area contributed by atoms with E-state index >= 15 is 0 Å². The van der Waals surface area contributed by atoms with Crippen molar-refractivity contribution in [3.63, 3.8) is 0 Å². The van der Waals surface area contributed by atoms with Crippen molar-refractivity contribution in [2.45, 2.75) is 32.0 Å². The van der Waals surface area contributed by atoms with E-state index in [9.17, 15) is 32.7 Å². The van der Waals surface area contributed by atoms with E-state index in [0.29, 0.717) is 41.5 Å². The number of imidazole rings is 1. The van der Waals surface area contributed by atoms with Crippen LogP contribution in [0, 0.1) is 6.92 Å². The first-order valence-electron chi connectivity index (χ1n) is 12.5. The fourth-order valence-electron chi connectivity index (χ4n) is 4.88. The van der Waals surface area contributed by atoms with Crippen LogP contribution in [0.25, 0.3) is 11.0 Å². The molecule has 3 aromatic carbocycles. The third kappa shape index (κ3) is 5.55. The van der Waals surface area contributed by atoms with Crippen molar-refractivity contribution in [3.8, 4) is 0 Å². The Hall–Kier alpha value is -4.58. The Kier molecular flexibility index (Phi) is 7.35. The van der Waals surface area contributed by atoms with Crippen LogP contribution in [0.5, 0.6) is 0 Å². The zero-order valence-corrected chi connectivity index (χ0v) is 22.2. The highest BCUT2D eigenvalue weighted by molar-refractivity contribution is 6.31. The van der Waals surface area contributed by atoms with E-state index in [4.69, 9.17) is 11.6 Å². The molecule has 4 N–H and O–H groups in total. The van der Waals surface area contributed by atoms with Crippen molar-refractivity contribution in [3.05, 3.63) is 87.7 Å². The predicted molar refractivity (Wildman–Crippen MR) is 146 cm³/mol. The van der Waals surface area contributed by atoms with E-state index in [1.165, 1.54) is 29.2 Å². The normalized spacial score (nSPS) is 15.2. The summed E-state index contributed by atoms with van der Waals surface area (Å²) in [6.07, 6.45) is -4.74. The van der Waals surface area contributed by atoms with E-state index in [0.717, 1.165) is 12.1 Å². The van der Waals surface area contributed by atoms with E-state index in [-0.39, 0.29) is 22.3 Å². The molecule has 13 heteroatoms. The van der Waals surface area contributed by atoms with Crippen LogP contribution in [0.1, 0.15) is 56.6 Å². The molecule has 5 rings (SSSR count). The number of carboxylic acid groups (broad SMARTS) is 1. The highest BCUT2D eigenvalue weighted by Crippen LogP contribution is 2.35. The number of carbonyl (C=O) groups is 3. The second-order valence-electron chi connectivity index (χ2n) is 9.54. The number of H-pyrrole nitrogens is 1. The molecule has 41 heavy (non-hydrogen) atoms. The Morgan fingerprint density at radius 3 is 2.51 bits per heavy atom. The van der Waals surface area contributed by atoms with Gasteiger partial charge in [-0.2, -0.15) is 13.2 Å². The van der Waals surface area contributed by atoms with Gasteiger partial charge in [0.05, 0.1) is 28.2 Å². The summed E-state index contributed by atoms with van der Waals surface area (Å²) < 4.78 is 40.6. The van der Waals surface area contributed by atoms with Gasteiger partial charge in [0.1, 0.15) is 11.3 Å². The van der Waals surface area contributed by atoms with Gasteiger partial charge >= 0.3 is 12.3 Å². The maximum atomic E-state index is 13.5. The standard InChI is InChI=1S/C28H23ClF3N5O4/c1-14-19(29)8-4-9-20(14)35-26(39)17-12-15(33-25(38)16-6-2-3-7-18(16)28(30,31)32)13-21-23(17)36-24(34-21)22-10-5-11-37(22)27(40)41/h2-4,6-9,12-13,22H,5,10-11H2,1H3,(H,33,38)(H,34,36)(H,35,39)(H,40,41). The smallest absolute Gasteiger partial charge is 0.417 e. The van der Waals surface area contributed by atoms with Gasteiger partial charge in [-0.1, -0.05) is 29.8 Å². The molecule has 0 aliphatic carbocycles. The monoisotopic (exact) mass is 585 g/mol. The van der Waals surface area contributed by atoms with Gasteiger partial charge in [-0.15, -0.1) is 0 Å². The minimum absolute atomic E-state index is 0.00338. The van der Waals surface area contributed by atoms with Crippen LogP contribution in [0.3, 0.4) is 0 Å². The number of halogens is 4. The van der Waals surface area contributed by atoms with Gasteiger partial charge < -0.3 is 20.7 Å². The molecule has 2 heterocycles. The highest BCUT2D eigenvalue weighted by atomic mass is 35.5. The maximum Gasteiger partial charge on any atom is 0.417 e. The number of alkyl halides is 3. The Bertz CT molecular complexity index is 1690. The summed E-state index contributed by atoms with van der Waals surface area (Å²) in [6, 6.07) is 11.5. The van der Waals surface area contributed by atoms with Crippen LogP contribution in [-0.2, 0) is 6.18 Å².